The van der Waals surface area contributed by atoms with Crippen LogP contribution in [0.1, 0.15) is 25.7 Å². The number of fused-ring (bicyclic) bond motifs is 2. The minimum absolute atomic E-state index is 0.135. The van der Waals surface area contributed by atoms with Crippen LogP contribution in [0.15, 0.2) is 71.9 Å². The van der Waals surface area contributed by atoms with Crippen molar-refractivity contribution in [3.63, 3.8) is 0 Å². The second-order valence-corrected chi connectivity index (χ2v) is 10.8. The van der Waals surface area contributed by atoms with Gasteiger partial charge in [-0.1, -0.05) is 23.2 Å². The van der Waals surface area contributed by atoms with Crippen molar-refractivity contribution in [1.82, 2.24) is 14.5 Å². The molecule has 0 amide bonds. The van der Waals surface area contributed by atoms with Crippen LogP contribution in [-0.4, -0.2) is 40.9 Å². The Kier molecular flexibility index (Phi) is 7.79. The van der Waals surface area contributed by atoms with Crippen LogP contribution in [0.2, 0.25) is 10.0 Å². The number of hydrogen-bond donors (Lipinski definition) is 1. The Balaban J connectivity index is 1.61. The highest BCUT2D eigenvalue weighted by Crippen LogP contribution is 2.34. The Hall–Kier alpha value is -3.72. The normalized spacial score (nSPS) is 17.7. The van der Waals surface area contributed by atoms with Crippen LogP contribution in [0.3, 0.4) is 0 Å². The first-order chi connectivity index (χ1) is 19.9. The zero-order chi connectivity index (χ0) is 28.5. The Morgan fingerprint density at radius 1 is 0.951 bits per heavy atom. The topological polar surface area (TPSA) is 73.6 Å². The quantitative estimate of drug-likeness (QED) is 0.206. The molecule has 0 atom stereocenters. The van der Waals surface area contributed by atoms with Crippen LogP contribution in [0.4, 0.5) is 15.8 Å². The molecule has 7 nitrogen and oxygen atoms in total. The lowest BCUT2D eigenvalue weighted by atomic mass is 9.93. The zero-order valence-electron chi connectivity index (χ0n) is 22.6. The van der Waals surface area contributed by atoms with Crippen LogP contribution in [-0.2, 0) is 4.74 Å². The lowest BCUT2D eigenvalue weighted by molar-refractivity contribution is 0.0663. The average Bonchev–Trinajstić information content (AvgIpc) is 2.98. The van der Waals surface area contributed by atoms with Gasteiger partial charge in [-0.3, -0.25) is 4.99 Å². The highest BCUT2D eigenvalue weighted by Gasteiger charge is 2.22. The number of nitrogens with one attached hydrogen (secondary N) is 1. The van der Waals surface area contributed by atoms with Crippen molar-refractivity contribution >= 4 is 45.6 Å². The smallest absolute Gasteiger partial charge is 0.237 e. The molecule has 0 saturated heterocycles. The fourth-order valence-corrected chi connectivity index (χ4v) is 5.67. The average molecular weight is 593 g/mol. The fraction of sp³-hybridized carbons (Fsp3) is 0.258. The van der Waals surface area contributed by atoms with E-state index in [0.717, 1.165) is 53.6 Å². The SMILES string of the molecule is COc1ncccc1Nc1cc2nc3cc(F)ccc3n(-c3ccc(Cl)c(Cl)c3)c-2cc1=NC1CCC(OC)CC1. The molecule has 1 aromatic heterocycles. The van der Waals surface area contributed by atoms with Gasteiger partial charge in [0.05, 0.1) is 62.8 Å². The first kappa shape index (κ1) is 27.4. The van der Waals surface area contributed by atoms with Gasteiger partial charge in [0.2, 0.25) is 5.88 Å². The zero-order valence-corrected chi connectivity index (χ0v) is 24.1. The highest BCUT2D eigenvalue weighted by molar-refractivity contribution is 6.42. The lowest BCUT2D eigenvalue weighted by Gasteiger charge is -2.25. The van der Waals surface area contributed by atoms with Gasteiger partial charge in [-0.25, -0.2) is 14.4 Å². The number of nitrogens with zero attached hydrogens (tertiary/aromatic N) is 4. The summed E-state index contributed by atoms with van der Waals surface area (Å²) in [7, 11) is 3.34. The van der Waals surface area contributed by atoms with E-state index in [1.54, 1.807) is 38.6 Å². The Morgan fingerprint density at radius 2 is 1.78 bits per heavy atom. The molecule has 0 bridgehead atoms. The summed E-state index contributed by atoms with van der Waals surface area (Å²) in [4.78, 5) is 14.4. The van der Waals surface area contributed by atoms with Gasteiger partial charge < -0.3 is 19.4 Å². The van der Waals surface area contributed by atoms with E-state index >= 15 is 0 Å². The minimum Gasteiger partial charge on any atom is -0.480 e. The molecule has 2 aromatic carbocycles. The maximum Gasteiger partial charge on any atom is 0.237 e. The molecule has 1 aliphatic heterocycles. The third kappa shape index (κ3) is 5.60. The molecule has 1 saturated carbocycles. The number of ether oxygens (including phenoxy) is 2. The summed E-state index contributed by atoms with van der Waals surface area (Å²) in [6, 6.07) is 17.8. The van der Waals surface area contributed by atoms with Gasteiger partial charge in [0, 0.05) is 25.1 Å². The van der Waals surface area contributed by atoms with E-state index in [0.29, 0.717) is 32.8 Å². The molecule has 1 N–H and O–H groups in total. The highest BCUT2D eigenvalue weighted by atomic mass is 35.5. The molecule has 0 radical (unpaired) electrons. The van der Waals surface area contributed by atoms with Crippen LogP contribution in [0.5, 0.6) is 5.88 Å². The molecule has 10 heteroatoms. The van der Waals surface area contributed by atoms with Crippen molar-refractivity contribution in [3.05, 3.63) is 88.1 Å². The van der Waals surface area contributed by atoms with Gasteiger partial charge in [-0.05, 0) is 80.3 Å². The Labute approximate surface area is 246 Å². The summed E-state index contributed by atoms with van der Waals surface area (Å²) >= 11 is 12.7. The number of benzene rings is 3. The molecule has 3 aromatic rings. The van der Waals surface area contributed by atoms with E-state index in [1.165, 1.54) is 12.1 Å². The number of rotatable bonds is 6. The Morgan fingerprint density at radius 3 is 2.54 bits per heavy atom. The van der Waals surface area contributed by atoms with Crippen molar-refractivity contribution < 1.29 is 13.9 Å². The second kappa shape index (κ2) is 11.6. The fourth-order valence-electron chi connectivity index (χ4n) is 5.38. The van der Waals surface area contributed by atoms with E-state index in [2.05, 4.69) is 10.3 Å². The number of halogens is 3. The molecule has 6 rings (SSSR count). The van der Waals surface area contributed by atoms with Gasteiger partial charge in [-0.2, -0.15) is 0 Å². The predicted octanol–water partition coefficient (Wildman–Crippen LogP) is 7.58. The van der Waals surface area contributed by atoms with Gasteiger partial charge in [0.15, 0.2) is 0 Å². The van der Waals surface area contributed by atoms with E-state index < -0.39 is 0 Å². The molecule has 2 aliphatic carbocycles. The third-order valence-electron chi connectivity index (χ3n) is 7.45. The number of methoxy groups -OCH3 is 2. The number of anilines is 2. The van der Waals surface area contributed by atoms with Crippen molar-refractivity contribution in [1.29, 1.82) is 0 Å². The largest absolute Gasteiger partial charge is 0.480 e. The number of pyridine rings is 1. The maximum absolute atomic E-state index is 14.4. The maximum atomic E-state index is 14.4. The molecule has 0 spiro atoms. The predicted molar refractivity (Wildman–Crippen MR) is 160 cm³/mol. The number of hydrogen-bond acceptors (Lipinski definition) is 6. The molecule has 1 fully saturated rings. The summed E-state index contributed by atoms with van der Waals surface area (Å²) in [5, 5.41) is 5.09. The summed E-state index contributed by atoms with van der Waals surface area (Å²) in [6.45, 7) is 0. The molecule has 2 heterocycles. The third-order valence-corrected chi connectivity index (χ3v) is 8.19. The van der Waals surface area contributed by atoms with E-state index in [4.69, 9.17) is 42.7 Å². The number of aromatic nitrogens is 3. The monoisotopic (exact) mass is 591 g/mol. The molecule has 210 valence electrons. The van der Waals surface area contributed by atoms with Crippen molar-refractivity contribution in [3.8, 4) is 23.0 Å². The first-order valence-electron chi connectivity index (χ1n) is 13.4. The summed E-state index contributed by atoms with van der Waals surface area (Å²) in [6.07, 6.45) is 5.70. The van der Waals surface area contributed by atoms with E-state index in [9.17, 15) is 4.39 Å². The van der Waals surface area contributed by atoms with Gasteiger partial charge in [0.1, 0.15) is 11.5 Å². The molecule has 0 unspecified atom stereocenters. The van der Waals surface area contributed by atoms with E-state index in [-0.39, 0.29) is 18.0 Å². The van der Waals surface area contributed by atoms with Crippen molar-refractivity contribution in [2.24, 2.45) is 4.99 Å². The van der Waals surface area contributed by atoms with E-state index in [1.807, 2.05) is 34.9 Å². The van der Waals surface area contributed by atoms with Crippen molar-refractivity contribution in [2.45, 2.75) is 37.8 Å². The standard InChI is InChI=1S/C31H28Cl2FN5O2/c1-40-21-9-6-19(7-10-21)36-26-17-30-28(16-25(26)37-24-4-3-13-35-31(24)41-2)38-27-14-18(34)5-12-29(27)39(30)20-8-11-22(32)23(33)15-20/h3-5,8,11-17,19,21,37H,6-7,9-10H2,1-2H3. The summed E-state index contributed by atoms with van der Waals surface area (Å²) in [5.41, 5.74) is 4.84. The van der Waals surface area contributed by atoms with Gasteiger partial charge in [-0.15, -0.1) is 0 Å². The van der Waals surface area contributed by atoms with Gasteiger partial charge in [0.25, 0.3) is 0 Å². The van der Waals surface area contributed by atoms with Crippen LogP contribution in [0.25, 0.3) is 28.1 Å². The van der Waals surface area contributed by atoms with Crippen LogP contribution in [0, 0.1) is 5.82 Å². The minimum atomic E-state index is -0.373. The molecule has 41 heavy (non-hydrogen) atoms. The lowest BCUT2D eigenvalue weighted by Crippen LogP contribution is -2.25. The Bertz CT molecular complexity index is 1770. The molecular weight excluding hydrogens is 564 g/mol. The van der Waals surface area contributed by atoms with Crippen LogP contribution >= 0.6 is 23.2 Å². The van der Waals surface area contributed by atoms with Crippen LogP contribution < -0.4 is 15.4 Å². The summed E-state index contributed by atoms with van der Waals surface area (Å²) < 4.78 is 27.4. The molecule has 3 aliphatic rings. The van der Waals surface area contributed by atoms with Gasteiger partial charge >= 0.3 is 0 Å². The summed E-state index contributed by atoms with van der Waals surface area (Å²) in [5.74, 6) is 0.0836. The molecular formula is C31H28Cl2FN5O2. The first-order valence-corrected chi connectivity index (χ1v) is 14.1. The second-order valence-electron chi connectivity index (χ2n) is 10.0. The van der Waals surface area contributed by atoms with Crippen molar-refractivity contribution in [2.75, 3.05) is 19.5 Å².